The predicted molar refractivity (Wildman–Crippen MR) is 71.6 cm³/mol. The third-order valence-corrected chi connectivity index (χ3v) is 3.71. The highest BCUT2D eigenvalue weighted by molar-refractivity contribution is 5.39. The Labute approximate surface area is 109 Å². The Morgan fingerprint density at radius 1 is 1.44 bits per heavy atom. The van der Waals surface area contributed by atoms with Crippen molar-refractivity contribution in [1.82, 2.24) is 5.32 Å². The first-order chi connectivity index (χ1) is 8.74. The molecular formula is C15H22FNO. The van der Waals surface area contributed by atoms with Crippen LogP contribution < -0.4 is 10.1 Å². The van der Waals surface area contributed by atoms with Gasteiger partial charge in [0.05, 0.1) is 7.11 Å². The van der Waals surface area contributed by atoms with E-state index in [9.17, 15) is 4.39 Å². The highest BCUT2D eigenvalue weighted by Crippen LogP contribution is 2.26. The molecule has 1 unspecified atom stereocenters. The second kappa shape index (κ2) is 6.19. The molecule has 0 amide bonds. The number of nitrogens with one attached hydrogen (secondary N) is 1. The van der Waals surface area contributed by atoms with Gasteiger partial charge in [0, 0.05) is 5.56 Å². The molecule has 100 valence electrons. The molecule has 1 fully saturated rings. The maximum atomic E-state index is 14.0. The molecule has 2 nitrogen and oxygen atoms in total. The number of methoxy groups -OCH3 is 1. The second-order valence-corrected chi connectivity index (χ2v) is 5.03. The largest absolute Gasteiger partial charge is 0.496 e. The molecule has 0 bridgehead atoms. The SMILES string of the molecule is CCc1c(F)cc(CC2CCCNC2)cc1OC. The van der Waals surface area contributed by atoms with E-state index in [0.717, 1.165) is 25.1 Å². The van der Waals surface area contributed by atoms with Gasteiger partial charge in [-0.15, -0.1) is 0 Å². The van der Waals surface area contributed by atoms with Crippen molar-refractivity contribution in [2.24, 2.45) is 5.92 Å². The Kier molecular flexibility index (Phi) is 4.59. The van der Waals surface area contributed by atoms with E-state index < -0.39 is 0 Å². The van der Waals surface area contributed by atoms with Gasteiger partial charge in [0.1, 0.15) is 11.6 Å². The van der Waals surface area contributed by atoms with Gasteiger partial charge in [-0.05, 0) is 62.4 Å². The molecule has 2 rings (SSSR count). The van der Waals surface area contributed by atoms with Gasteiger partial charge in [-0.25, -0.2) is 4.39 Å². The Balaban J connectivity index is 2.15. The molecule has 0 aliphatic carbocycles. The Morgan fingerprint density at radius 3 is 2.89 bits per heavy atom. The van der Waals surface area contributed by atoms with Crippen molar-refractivity contribution in [3.8, 4) is 5.75 Å². The Morgan fingerprint density at radius 2 is 2.28 bits per heavy atom. The van der Waals surface area contributed by atoms with Crippen LogP contribution in [0.25, 0.3) is 0 Å². The fourth-order valence-electron chi connectivity index (χ4n) is 2.74. The lowest BCUT2D eigenvalue weighted by Crippen LogP contribution is -2.30. The zero-order valence-electron chi connectivity index (χ0n) is 11.3. The van der Waals surface area contributed by atoms with Gasteiger partial charge in [0.15, 0.2) is 0 Å². The summed E-state index contributed by atoms with van der Waals surface area (Å²) in [6.07, 6.45) is 4.05. The molecule has 1 heterocycles. The van der Waals surface area contributed by atoms with Gasteiger partial charge in [-0.1, -0.05) is 6.92 Å². The van der Waals surface area contributed by atoms with Crippen LogP contribution in [0.15, 0.2) is 12.1 Å². The summed E-state index contributed by atoms with van der Waals surface area (Å²) < 4.78 is 19.2. The highest BCUT2D eigenvalue weighted by Gasteiger charge is 2.16. The minimum Gasteiger partial charge on any atom is -0.496 e. The summed E-state index contributed by atoms with van der Waals surface area (Å²) in [4.78, 5) is 0. The van der Waals surface area contributed by atoms with Crippen molar-refractivity contribution in [2.45, 2.75) is 32.6 Å². The third kappa shape index (κ3) is 3.02. The lowest BCUT2D eigenvalue weighted by Gasteiger charge is -2.23. The summed E-state index contributed by atoms with van der Waals surface area (Å²) in [6, 6.07) is 3.67. The summed E-state index contributed by atoms with van der Waals surface area (Å²) in [5.74, 6) is 1.18. The van der Waals surface area contributed by atoms with Crippen LogP contribution in [0.5, 0.6) is 5.75 Å². The average molecular weight is 251 g/mol. The first-order valence-corrected chi connectivity index (χ1v) is 6.80. The van der Waals surface area contributed by atoms with Crippen LogP contribution in [-0.4, -0.2) is 20.2 Å². The van der Waals surface area contributed by atoms with E-state index in [-0.39, 0.29) is 5.82 Å². The molecule has 3 heteroatoms. The van der Waals surface area contributed by atoms with Gasteiger partial charge in [-0.3, -0.25) is 0 Å². The number of piperidine rings is 1. The molecular weight excluding hydrogens is 229 g/mol. The summed E-state index contributed by atoms with van der Waals surface area (Å²) in [5, 5.41) is 3.40. The summed E-state index contributed by atoms with van der Waals surface area (Å²) in [5.41, 5.74) is 1.73. The molecule has 1 aliphatic heterocycles. The van der Waals surface area contributed by atoms with Crippen LogP contribution in [0.4, 0.5) is 4.39 Å². The fourth-order valence-corrected chi connectivity index (χ4v) is 2.74. The number of halogens is 1. The molecule has 0 aromatic heterocycles. The van der Waals surface area contributed by atoms with Gasteiger partial charge in [-0.2, -0.15) is 0 Å². The molecule has 0 saturated carbocycles. The van der Waals surface area contributed by atoms with E-state index in [2.05, 4.69) is 5.32 Å². The van der Waals surface area contributed by atoms with Crippen molar-refractivity contribution in [3.63, 3.8) is 0 Å². The molecule has 1 saturated heterocycles. The standard InChI is InChI=1S/C15H22FNO/c1-3-13-14(16)8-12(9-15(13)18-2)7-11-5-4-6-17-10-11/h8-9,11,17H,3-7,10H2,1-2H3. The highest BCUT2D eigenvalue weighted by atomic mass is 19.1. The van der Waals surface area contributed by atoms with Crippen LogP contribution in [-0.2, 0) is 12.8 Å². The predicted octanol–water partition coefficient (Wildman–Crippen LogP) is 2.94. The molecule has 0 radical (unpaired) electrons. The zero-order valence-corrected chi connectivity index (χ0v) is 11.3. The topological polar surface area (TPSA) is 21.3 Å². The quantitative estimate of drug-likeness (QED) is 0.888. The maximum absolute atomic E-state index is 14.0. The van der Waals surface area contributed by atoms with Crippen molar-refractivity contribution in [3.05, 3.63) is 29.1 Å². The van der Waals surface area contributed by atoms with E-state index >= 15 is 0 Å². The monoisotopic (exact) mass is 251 g/mol. The van der Waals surface area contributed by atoms with Gasteiger partial charge >= 0.3 is 0 Å². The summed E-state index contributed by atoms with van der Waals surface area (Å²) in [7, 11) is 1.61. The van der Waals surface area contributed by atoms with Crippen molar-refractivity contribution >= 4 is 0 Å². The van der Waals surface area contributed by atoms with Gasteiger partial charge in [0.2, 0.25) is 0 Å². The number of benzene rings is 1. The summed E-state index contributed by atoms with van der Waals surface area (Å²) >= 11 is 0. The summed E-state index contributed by atoms with van der Waals surface area (Å²) in [6.45, 7) is 4.11. The second-order valence-electron chi connectivity index (χ2n) is 5.03. The lowest BCUT2D eigenvalue weighted by atomic mass is 9.91. The smallest absolute Gasteiger partial charge is 0.130 e. The molecule has 1 aromatic carbocycles. The number of ether oxygens (including phenoxy) is 1. The average Bonchev–Trinajstić information content (AvgIpc) is 2.39. The first kappa shape index (κ1) is 13.3. The molecule has 1 aromatic rings. The lowest BCUT2D eigenvalue weighted by molar-refractivity contribution is 0.373. The van der Waals surface area contributed by atoms with E-state index in [1.165, 1.54) is 12.8 Å². The fraction of sp³-hybridized carbons (Fsp3) is 0.600. The molecule has 0 spiro atoms. The molecule has 1 atom stereocenters. The van der Waals surface area contributed by atoms with Crippen LogP contribution in [0.3, 0.4) is 0 Å². The minimum atomic E-state index is -0.129. The van der Waals surface area contributed by atoms with Crippen molar-refractivity contribution < 1.29 is 9.13 Å². The minimum absolute atomic E-state index is 0.129. The van der Waals surface area contributed by atoms with Crippen LogP contribution in [0.2, 0.25) is 0 Å². The van der Waals surface area contributed by atoms with Crippen LogP contribution in [0, 0.1) is 11.7 Å². The number of rotatable bonds is 4. The number of hydrogen-bond donors (Lipinski definition) is 1. The molecule has 18 heavy (non-hydrogen) atoms. The van der Waals surface area contributed by atoms with E-state index in [0.29, 0.717) is 23.7 Å². The Hall–Kier alpha value is -1.09. The van der Waals surface area contributed by atoms with Crippen LogP contribution in [0.1, 0.15) is 30.9 Å². The van der Waals surface area contributed by atoms with E-state index in [1.807, 2.05) is 13.0 Å². The number of hydrogen-bond acceptors (Lipinski definition) is 2. The van der Waals surface area contributed by atoms with Crippen LogP contribution >= 0.6 is 0 Å². The van der Waals surface area contributed by atoms with Gasteiger partial charge < -0.3 is 10.1 Å². The van der Waals surface area contributed by atoms with Crippen molar-refractivity contribution in [1.29, 1.82) is 0 Å². The maximum Gasteiger partial charge on any atom is 0.130 e. The molecule has 1 N–H and O–H groups in total. The van der Waals surface area contributed by atoms with E-state index in [1.54, 1.807) is 13.2 Å². The van der Waals surface area contributed by atoms with E-state index in [4.69, 9.17) is 4.74 Å². The Bertz CT molecular complexity index is 400. The first-order valence-electron chi connectivity index (χ1n) is 6.80. The normalized spacial score (nSPS) is 19.8. The molecule has 1 aliphatic rings. The van der Waals surface area contributed by atoms with Crippen molar-refractivity contribution in [2.75, 3.05) is 20.2 Å². The third-order valence-electron chi connectivity index (χ3n) is 3.71. The van der Waals surface area contributed by atoms with Gasteiger partial charge in [0.25, 0.3) is 0 Å². The zero-order chi connectivity index (χ0) is 13.0.